The van der Waals surface area contributed by atoms with E-state index in [0.29, 0.717) is 12.5 Å². The monoisotopic (exact) mass is 323 g/mol. The van der Waals surface area contributed by atoms with Gasteiger partial charge >= 0.3 is 0 Å². The van der Waals surface area contributed by atoms with Gasteiger partial charge in [0.1, 0.15) is 0 Å². The fourth-order valence-electron chi connectivity index (χ4n) is 3.60. The van der Waals surface area contributed by atoms with E-state index >= 15 is 0 Å². The molecule has 0 amide bonds. The van der Waals surface area contributed by atoms with E-state index in [2.05, 4.69) is 29.2 Å². The van der Waals surface area contributed by atoms with Crippen LogP contribution in [0.3, 0.4) is 0 Å². The molecule has 2 bridgehead atoms. The molecule has 0 saturated carbocycles. The molecular weight excluding hydrogens is 298 g/mol. The quantitative estimate of drug-likeness (QED) is 0.841. The Kier molecular flexibility index (Phi) is 4.54. The van der Waals surface area contributed by atoms with E-state index < -0.39 is 10.2 Å². The Morgan fingerprint density at radius 3 is 2.50 bits per heavy atom. The molecule has 2 atom stereocenters. The summed E-state index contributed by atoms with van der Waals surface area (Å²) in [6.45, 7) is 3.39. The van der Waals surface area contributed by atoms with Crippen LogP contribution in [0.5, 0.6) is 0 Å². The van der Waals surface area contributed by atoms with E-state index in [1.807, 2.05) is 6.07 Å². The van der Waals surface area contributed by atoms with E-state index in [9.17, 15) is 8.42 Å². The highest BCUT2D eigenvalue weighted by Gasteiger charge is 2.41. The van der Waals surface area contributed by atoms with Crippen molar-refractivity contribution in [1.82, 2.24) is 13.5 Å². The highest BCUT2D eigenvalue weighted by Crippen LogP contribution is 2.31. The van der Waals surface area contributed by atoms with Crippen molar-refractivity contribution in [2.75, 3.05) is 33.7 Å². The summed E-state index contributed by atoms with van der Waals surface area (Å²) in [6.07, 6.45) is 2.11. The topological polar surface area (TPSA) is 43.9 Å². The van der Waals surface area contributed by atoms with Gasteiger partial charge in [0, 0.05) is 46.3 Å². The zero-order valence-electron chi connectivity index (χ0n) is 13.4. The maximum Gasteiger partial charge on any atom is 0.281 e. The highest BCUT2D eigenvalue weighted by atomic mass is 32.2. The second-order valence-corrected chi connectivity index (χ2v) is 8.73. The summed E-state index contributed by atoms with van der Waals surface area (Å²) in [5.41, 5.74) is 1.30. The summed E-state index contributed by atoms with van der Waals surface area (Å²) in [5, 5.41) is 0. The predicted octanol–water partition coefficient (Wildman–Crippen LogP) is 1.39. The van der Waals surface area contributed by atoms with Crippen LogP contribution in [-0.4, -0.2) is 61.7 Å². The van der Waals surface area contributed by atoms with Gasteiger partial charge in [0.05, 0.1) is 0 Å². The van der Waals surface area contributed by atoms with Crippen molar-refractivity contribution in [3.63, 3.8) is 0 Å². The van der Waals surface area contributed by atoms with Crippen molar-refractivity contribution in [1.29, 1.82) is 0 Å². The summed E-state index contributed by atoms with van der Waals surface area (Å²) in [5.74, 6) is 0.442. The highest BCUT2D eigenvalue weighted by molar-refractivity contribution is 7.86. The Hall–Kier alpha value is -0.950. The summed E-state index contributed by atoms with van der Waals surface area (Å²) in [4.78, 5) is 2.42. The average Bonchev–Trinajstić information content (AvgIpc) is 2.78. The first kappa shape index (κ1) is 15.9. The molecule has 1 aromatic carbocycles. The van der Waals surface area contributed by atoms with Gasteiger partial charge in [-0.1, -0.05) is 30.3 Å². The van der Waals surface area contributed by atoms with Crippen LogP contribution >= 0.6 is 0 Å². The van der Waals surface area contributed by atoms with Gasteiger partial charge in [0.15, 0.2) is 0 Å². The van der Waals surface area contributed by atoms with Crippen molar-refractivity contribution >= 4 is 10.2 Å². The summed E-state index contributed by atoms with van der Waals surface area (Å²) in [6, 6.07) is 10.5. The Morgan fingerprint density at radius 2 is 1.82 bits per heavy atom. The lowest BCUT2D eigenvalue weighted by Gasteiger charge is -2.36. The smallest absolute Gasteiger partial charge is 0.281 e. The minimum Gasteiger partial charge on any atom is -0.297 e. The number of hydrogen-bond donors (Lipinski definition) is 0. The van der Waals surface area contributed by atoms with Gasteiger partial charge in [-0.05, 0) is 24.3 Å². The average molecular weight is 323 g/mol. The van der Waals surface area contributed by atoms with Crippen LogP contribution in [0.2, 0.25) is 0 Å². The van der Waals surface area contributed by atoms with Crippen LogP contribution in [0.4, 0.5) is 0 Å². The number of nitrogens with zero attached hydrogens (tertiary/aromatic N) is 3. The molecule has 0 aromatic heterocycles. The number of hydrogen-bond acceptors (Lipinski definition) is 3. The van der Waals surface area contributed by atoms with Crippen LogP contribution < -0.4 is 0 Å². The second kappa shape index (κ2) is 6.28. The molecule has 22 heavy (non-hydrogen) atoms. The van der Waals surface area contributed by atoms with E-state index in [0.717, 1.165) is 32.5 Å². The molecule has 122 valence electrons. The molecule has 1 aromatic rings. The molecule has 3 fully saturated rings. The fraction of sp³-hybridized carbons (Fsp3) is 0.625. The minimum absolute atomic E-state index is 0.106. The third kappa shape index (κ3) is 3.20. The molecule has 3 aliphatic rings. The first-order valence-electron chi connectivity index (χ1n) is 7.92. The van der Waals surface area contributed by atoms with Gasteiger partial charge < -0.3 is 0 Å². The fourth-order valence-corrected chi connectivity index (χ4v) is 4.97. The molecule has 0 spiro atoms. The van der Waals surface area contributed by atoms with Crippen LogP contribution in [0.25, 0.3) is 0 Å². The molecular formula is C16H25N3O2S. The van der Waals surface area contributed by atoms with Crippen LogP contribution in [0.1, 0.15) is 18.4 Å². The van der Waals surface area contributed by atoms with Gasteiger partial charge in [-0.2, -0.15) is 17.0 Å². The lowest BCUT2D eigenvalue weighted by atomic mass is 9.97. The first-order valence-corrected chi connectivity index (χ1v) is 9.32. The largest absolute Gasteiger partial charge is 0.297 e. The molecule has 0 unspecified atom stereocenters. The van der Waals surface area contributed by atoms with Crippen molar-refractivity contribution in [2.45, 2.75) is 25.4 Å². The number of benzene rings is 1. The third-order valence-electron chi connectivity index (χ3n) is 4.75. The van der Waals surface area contributed by atoms with Crippen molar-refractivity contribution < 1.29 is 8.42 Å². The molecule has 0 aliphatic carbocycles. The minimum atomic E-state index is -3.31. The Bertz CT molecular complexity index is 603. The van der Waals surface area contributed by atoms with Gasteiger partial charge in [0.2, 0.25) is 0 Å². The maximum absolute atomic E-state index is 12.5. The van der Waals surface area contributed by atoms with Crippen molar-refractivity contribution in [3.8, 4) is 0 Å². The third-order valence-corrected chi connectivity index (χ3v) is 6.71. The molecule has 3 aliphatic heterocycles. The number of rotatable bonds is 4. The van der Waals surface area contributed by atoms with E-state index in [1.165, 1.54) is 9.87 Å². The number of fused-ring (bicyclic) bond motifs is 4. The van der Waals surface area contributed by atoms with Crippen LogP contribution in [-0.2, 0) is 16.8 Å². The molecule has 5 nitrogen and oxygen atoms in total. The summed E-state index contributed by atoms with van der Waals surface area (Å²) >= 11 is 0. The molecule has 6 heteroatoms. The van der Waals surface area contributed by atoms with Gasteiger partial charge in [-0.15, -0.1) is 0 Å². The van der Waals surface area contributed by atoms with Gasteiger partial charge in [0.25, 0.3) is 10.2 Å². The summed E-state index contributed by atoms with van der Waals surface area (Å²) < 4.78 is 28.1. The van der Waals surface area contributed by atoms with E-state index in [4.69, 9.17) is 0 Å². The standard InChI is InChI=1S/C16H25N3O2S/c1-17(2)22(20,21)19-12-15-8-9-16(19)13-18(11-15)10-14-6-4-3-5-7-14/h3-7,15-16H,8-13H2,1-2H3/t15-,16+/m0/s1. The lowest BCUT2D eigenvalue weighted by Crippen LogP contribution is -2.51. The number of piperidine rings is 1. The van der Waals surface area contributed by atoms with Crippen molar-refractivity contribution in [2.24, 2.45) is 5.92 Å². The van der Waals surface area contributed by atoms with E-state index in [-0.39, 0.29) is 6.04 Å². The Morgan fingerprint density at radius 1 is 1.09 bits per heavy atom. The first-order chi connectivity index (χ1) is 10.5. The SMILES string of the molecule is CN(C)S(=O)(=O)N1C[C@H]2CC[C@@H]1CN(Cc1ccccc1)C2. The normalized spacial score (nSPS) is 27.2. The Labute approximate surface area is 133 Å². The van der Waals surface area contributed by atoms with E-state index in [1.54, 1.807) is 18.4 Å². The molecule has 3 saturated heterocycles. The zero-order valence-corrected chi connectivity index (χ0v) is 14.2. The predicted molar refractivity (Wildman–Crippen MR) is 87.5 cm³/mol. The lowest BCUT2D eigenvalue weighted by molar-refractivity contribution is 0.216. The molecule has 3 heterocycles. The second-order valence-electron chi connectivity index (χ2n) is 6.64. The van der Waals surface area contributed by atoms with Gasteiger partial charge in [-0.25, -0.2) is 0 Å². The van der Waals surface area contributed by atoms with Gasteiger partial charge in [-0.3, -0.25) is 4.90 Å². The summed E-state index contributed by atoms with van der Waals surface area (Å²) in [7, 11) is -0.0691. The van der Waals surface area contributed by atoms with Crippen molar-refractivity contribution in [3.05, 3.63) is 35.9 Å². The molecule has 0 N–H and O–H groups in total. The van der Waals surface area contributed by atoms with Crippen LogP contribution in [0, 0.1) is 5.92 Å². The molecule has 0 radical (unpaired) electrons. The molecule has 4 rings (SSSR count). The zero-order chi connectivity index (χ0) is 15.7. The Balaban J connectivity index is 1.76. The van der Waals surface area contributed by atoms with Crippen LogP contribution in [0.15, 0.2) is 30.3 Å². The maximum atomic E-state index is 12.5.